The Morgan fingerprint density at radius 1 is 1.33 bits per heavy atom. The molecule has 0 aliphatic carbocycles. The van der Waals surface area contributed by atoms with Gasteiger partial charge in [0.2, 0.25) is 5.95 Å². The minimum Gasteiger partial charge on any atom is -0.337 e. The maximum absolute atomic E-state index is 4.77. The first kappa shape index (κ1) is 16.2. The summed E-state index contributed by atoms with van der Waals surface area (Å²) >= 11 is 0. The van der Waals surface area contributed by atoms with E-state index in [4.69, 9.17) is 4.98 Å². The Hall–Kier alpha value is -1.20. The van der Waals surface area contributed by atoms with Crippen molar-refractivity contribution >= 4 is 5.95 Å². The topological polar surface area (TPSA) is 44.3 Å². The molecule has 1 fully saturated rings. The number of anilines is 1. The summed E-state index contributed by atoms with van der Waals surface area (Å²) in [5, 5.41) is 3.34. The molecule has 0 spiro atoms. The van der Waals surface area contributed by atoms with E-state index in [9.17, 15) is 0 Å². The van der Waals surface area contributed by atoms with Crippen LogP contribution in [-0.2, 0) is 6.54 Å². The van der Waals surface area contributed by atoms with Crippen LogP contribution in [0, 0.1) is 6.92 Å². The third kappa shape index (κ3) is 4.14. The van der Waals surface area contributed by atoms with Gasteiger partial charge in [0.15, 0.2) is 0 Å². The number of likely N-dealkylation sites (N-methyl/N-ethyl adjacent to an activating group) is 1. The average molecular weight is 291 g/mol. The predicted octanol–water partition coefficient (Wildman–Crippen LogP) is 1.82. The smallest absolute Gasteiger partial charge is 0.225 e. The molecule has 1 unspecified atom stereocenters. The monoisotopic (exact) mass is 291 g/mol. The van der Waals surface area contributed by atoms with Crippen molar-refractivity contribution in [2.75, 3.05) is 38.1 Å². The molecule has 118 valence electrons. The highest BCUT2D eigenvalue weighted by Crippen LogP contribution is 2.19. The van der Waals surface area contributed by atoms with Crippen molar-refractivity contribution in [1.82, 2.24) is 20.2 Å². The lowest BCUT2D eigenvalue weighted by Crippen LogP contribution is -2.40. The summed E-state index contributed by atoms with van der Waals surface area (Å²) in [5.41, 5.74) is 2.29. The minimum absolute atomic E-state index is 0.511. The molecule has 1 saturated heterocycles. The lowest BCUT2D eigenvalue weighted by atomic mass is 10.2. The zero-order valence-corrected chi connectivity index (χ0v) is 13.9. The van der Waals surface area contributed by atoms with Crippen molar-refractivity contribution in [3.63, 3.8) is 0 Å². The number of aryl methyl sites for hydroxylation is 1. The van der Waals surface area contributed by atoms with Crippen molar-refractivity contribution in [3.05, 3.63) is 17.5 Å². The van der Waals surface area contributed by atoms with E-state index in [1.165, 1.54) is 12.0 Å². The van der Waals surface area contributed by atoms with Gasteiger partial charge in [0.1, 0.15) is 0 Å². The SMILES string of the molecule is CCNCc1cnc(N2CCCN(C)CC2CC)nc1C. The van der Waals surface area contributed by atoms with Crippen molar-refractivity contribution in [1.29, 1.82) is 0 Å². The summed E-state index contributed by atoms with van der Waals surface area (Å²) in [6, 6.07) is 0.511. The Balaban J connectivity index is 2.17. The third-order valence-corrected chi connectivity index (χ3v) is 4.26. The number of nitrogens with zero attached hydrogens (tertiary/aromatic N) is 4. The van der Waals surface area contributed by atoms with Crippen LogP contribution in [0.4, 0.5) is 5.95 Å². The quantitative estimate of drug-likeness (QED) is 0.896. The van der Waals surface area contributed by atoms with E-state index in [1.807, 2.05) is 6.20 Å². The summed E-state index contributed by atoms with van der Waals surface area (Å²) in [6.45, 7) is 11.6. The van der Waals surface area contributed by atoms with E-state index in [0.717, 1.165) is 50.8 Å². The standard InChI is InChI=1S/C16H29N5/c1-5-15-12-20(4)8-7-9-21(15)16-18-11-14(10-17-6-2)13(3)19-16/h11,15,17H,5-10,12H2,1-4H3. The molecule has 0 bridgehead atoms. The molecule has 1 atom stereocenters. The Labute approximate surface area is 128 Å². The highest BCUT2D eigenvalue weighted by atomic mass is 15.3. The van der Waals surface area contributed by atoms with E-state index >= 15 is 0 Å². The Bertz CT molecular complexity index is 448. The van der Waals surface area contributed by atoms with Crippen LogP contribution in [0.5, 0.6) is 0 Å². The summed E-state index contributed by atoms with van der Waals surface area (Å²) in [6.07, 6.45) is 4.29. The molecular weight excluding hydrogens is 262 g/mol. The second-order valence-electron chi connectivity index (χ2n) is 5.93. The second kappa shape index (κ2) is 7.71. The predicted molar refractivity (Wildman–Crippen MR) is 87.7 cm³/mol. The van der Waals surface area contributed by atoms with Crippen LogP contribution in [0.25, 0.3) is 0 Å². The van der Waals surface area contributed by atoms with Gasteiger partial charge in [0.25, 0.3) is 0 Å². The Morgan fingerprint density at radius 2 is 2.14 bits per heavy atom. The van der Waals surface area contributed by atoms with E-state index in [2.05, 4.69) is 47.9 Å². The van der Waals surface area contributed by atoms with Crippen molar-refractivity contribution < 1.29 is 0 Å². The van der Waals surface area contributed by atoms with Gasteiger partial charge < -0.3 is 15.1 Å². The van der Waals surface area contributed by atoms with Crippen LogP contribution < -0.4 is 10.2 Å². The lowest BCUT2D eigenvalue weighted by Gasteiger charge is -2.30. The summed E-state index contributed by atoms with van der Waals surface area (Å²) in [4.78, 5) is 14.2. The molecule has 21 heavy (non-hydrogen) atoms. The van der Waals surface area contributed by atoms with Gasteiger partial charge in [-0.15, -0.1) is 0 Å². The maximum atomic E-state index is 4.77. The first-order valence-corrected chi connectivity index (χ1v) is 8.14. The van der Waals surface area contributed by atoms with Crippen LogP contribution in [0.15, 0.2) is 6.20 Å². The number of rotatable bonds is 5. The molecule has 1 aliphatic rings. The molecular formula is C16H29N5. The fraction of sp³-hybridized carbons (Fsp3) is 0.750. The third-order valence-electron chi connectivity index (χ3n) is 4.26. The van der Waals surface area contributed by atoms with Gasteiger partial charge in [-0.1, -0.05) is 13.8 Å². The van der Waals surface area contributed by atoms with Gasteiger partial charge in [-0.3, -0.25) is 0 Å². The van der Waals surface area contributed by atoms with E-state index in [0.29, 0.717) is 6.04 Å². The van der Waals surface area contributed by atoms with Gasteiger partial charge in [-0.05, 0) is 39.9 Å². The molecule has 0 saturated carbocycles. The van der Waals surface area contributed by atoms with Crippen molar-refractivity contribution in [2.45, 2.75) is 46.2 Å². The van der Waals surface area contributed by atoms with Gasteiger partial charge in [-0.25, -0.2) is 9.97 Å². The summed E-state index contributed by atoms with van der Waals surface area (Å²) < 4.78 is 0. The molecule has 1 aliphatic heterocycles. The highest BCUT2D eigenvalue weighted by molar-refractivity contribution is 5.35. The summed E-state index contributed by atoms with van der Waals surface area (Å²) in [5.74, 6) is 0.898. The van der Waals surface area contributed by atoms with Crippen LogP contribution in [0.2, 0.25) is 0 Å². The molecule has 0 aromatic carbocycles. The van der Waals surface area contributed by atoms with Gasteiger partial charge >= 0.3 is 0 Å². The highest BCUT2D eigenvalue weighted by Gasteiger charge is 2.24. The molecule has 0 radical (unpaired) electrons. The zero-order valence-electron chi connectivity index (χ0n) is 13.9. The van der Waals surface area contributed by atoms with Crippen LogP contribution in [-0.4, -0.2) is 54.1 Å². The zero-order chi connectivity index (χ0) is 15.2. The Morgan fingerprint density at radius 3 is 2.81 bits per heavy atom. The first-order valence-electron chi connectivity index (χ1n) is 8.14. The molecule has 2 rings (SSSR count). The first-order chi connectivity index (χ1) is 10.2. The van der Waals surface area contributed by atoms with Crippen molar-refractivity contribution in [3.8, 4) is 0 Å². The normalized spacial score (nSPS) is 20.6. The fourth-order valence-electron chi connectivity index (χ4n) is 2.91. The van der Waals surface area contributed by atoms with E-state index < -0.39 is 0 Å². The second-order valence-corrected chi connectivity index (χ2v) is 5.93. The molecule has 5 heteroatoms. The van der Waals surface area contributed by atoms with Crippen LogP contribution in [0.3, 0.4) is 0 Å². The van der Waals surface area contributed by atoms with Crippen LogP contribution >= 0.6 is 0 Å². The molecule has 1 N–H and O–H groups in total. The van der Waals surface area contributed by atoms with E-state index in [-0.39, 0.29) is 0 Å². The number of hydrogen-bond donors (Lipinski definition) is 1. The fourth-order valence-corrected chi connectivity index (χ4v) is 2.91. The van der Waals surface area contributed by atoms with E-state index in [1.54, 1.807) is 0 Å². The van der Waals surface area contributed by atoms with Gasteiger partial charge in [-0.2, -0.15) is 0 Å². The molecule has 2 heterocycles. The number of hydrogen-bond acceptors (Lipinski definition) is 5. The van der Waals surface area contributed by atoms with Gasteiger partial charge in [0, 0.05) is 43.1 Å². The average Bonchev–Trinajstić information content (AvgIpc) is 2.67. The van der Waals surface area contributed by atoms with Gasteiger partial charge in [0.05, 0.1) is 0 Å². The molecule has 1 aromatic rings. The molecule has 5 nitrogen and oxygen atoms in total. The maximum Gasteiger partial charge on any atom is 0.225 e. The van der Waals surface area contributed by atoms with Crippen LogP contribution in [0.1, 0.15) is 37.9 Å². The number of aromatic nitrogens is 2. The van der Waals surface area contributed by atoms with Crippen molar-refractivity contribution in [2.24, 2.45) is 0 Å². The Kier molecular flexibility index (Phi) is 5.94. The minimum atomic E-state index is 0.511. The lowest BCUT2D eigenvalue weighted by molar-refractivity contribution is 0.327. The summed E-state index contributed by atoms with van der Waals surface area (Å²) in [7, 11) is 2.21. The largest absolute Gasteiger partial charge is 0.337 e. The molecule has 0 amide bonds. The number of nitrogens with one attached hydrogen (secondary N) is 1. The molecule has 1 aromatic heterocycles.